The van der Waals surface area contributed by atoms with Gasteiger partial charge in [0.25, 0.3) is 5.91 Å². The fraction of sp³-hybridized carbons (Fsp3) is 0.467. The Hall–Kier alpha value is -2.05. The Morgan fingerprint density at radius 1 is 1.18 bits per heavy atom. The number of carboxylic acid groups (broad SMARTS) is 1. The third-order valence-electron chi connectivity index (χ3n) is 3.84. The lowest BCUT2D eigenvalue weighted by Gasteiger charge is -2.31. The summed E-state index contributed by atoms with van der Waals surface area (Å²) < 4.78 is 38.2. The molecule has 2 atom stereocenters. The number of hydrogen-bond acceptors (Lipinski definition) is 2. The number of aromatic carboxylic acids is 1. The van der Waals surface area contributed by atoms with Crippen LogP contribution in [0.1, 0.15) is 46.4 Å². The molecule has 0 saturated heterocycles. The quantitative estimate of drug-likeness (QED) is 0.900. The summed E-state index contributed by atoms with van der Waals surface area (Å²) >= 11 is 0. The molecule has 0 heterocycles. The zero-order valence-corrected chi connectivity index (χ0v) is 11.7. The summed E-state index contributed by atoms with van der Waals surface area (Å²) in [6.07, 6.45) is -3.38. The van der Waals surface area contributed by atoms with Crippen molar-refractivity contribution in [2.24, 2.45) is 5.92 Å². The van der Waals surface area contributed by atoms with Crippen LogP contribution in [0.2, 0.25) is 0 Å². The van der Waals surface area contributed by atoms with Gasteiger partial charge in [-0.15, -0.1) is 0 Å². The maximum atomic E-state index is 12.7. The highest BCUT2D eigenvalue weighted by Crippen LogP contribution is 2.37. The molecule has 7 heteroatoms. The third kappa shape index (κ3) is 3.99. The minimum atomic E-state index is -4.24. The number of halogens is 3. The van der Waals surface area contributed by atoms with Crippen LogP contribution in [0.3, 0.4) is 0 Å². The van der Waals surface area contributed by atoms with Crippen molar-refractivity contribution in [1.82, 2.24) is 5.32 Å². The molecule has 2 N–H and O–H groups in total. The van der Waals surface area contributed by atoms with Gasteiger partial charge in [0.2, 0.25) is 0 Å². The van der Waals surface area contributed by atoms with E-state index < -0.39 is 30.0 Å². The number of rotatable bonds is 3. The number of hydrogen-bond donors (Lipinski definition) is 2. The van der Waals surface area contributed by atoms with E-state index in [2.05, 4.69) is 5.32 Å². The summed E-state index contributed by atoms with van der Waals surface area (Å²) in [6, 6.07) is 4.88. The molecule has 0 aliphatic heterocycles. The number of benzene rings is 1. The molecule has 1 amide bonds. The molecule has 1 saturated carbocycles. The van der Waals surface area contributed by atoms with E-state index in [0.29, 0.717) is 12.8 Å². The second kappa shape index (κ2) is 6.37. The van der Waals surface area contributed by atoms with Gasteiger partial charge in [-0.05, 0) is 37.5 Å². The Kier molecular flexibility index (Phi) is 4.73. The van der Waals surface area contributed by atoms with Crippen LogP contribution < -0.4 is 5.32 Å². The molecule has 4 nitrogen and oxygen atoms in total. The predicted molar refractivity (Wildman–Crippen MR) is 72.7 cm³/mol. The lowest BCUT2D eigenvalue weighted by molar-refractivity contribution is -0.183. The largest absolute Gasteiger partial charge is 0.478 e. The highest BCUT2D eigenvalue weighted by molar-refractivity contribution is 5.97. The van der Waals surface area contributed by atoms with Crippen molar-refractivity contribution in [3.05, 3.63) is 35.4 Å². The number of carbonyl (C=O) groups excluding carboxylic acids is 1. The fourth-order valence-corrected chi connectivity index (χ4v) is 2.68. The van der Waals surface area contributed by atoms with Crippen LogP contribution in [0, 0.1) is 5.92 Å². The van der Waals surface area contributed by atoms with Gasteiger partial charge in [0, 0.05) is 11.6 Å². The van der Waals surface area contributed by atoms with Gasteiger partial charge in [-0.1, -0.05) is 12.5 Å². The van der Waals surface area contributed by atoms with E-state index in [1.807, 2.05) is 0 Å². The molecule has 22 heavy (non-hydrogen) atoms. The topological polar surface area (TPSA) is 66.4 Å². The number of nitrogens with one attached hydrogen (secondary N) is 1. The average molecular weight is 315 g/mol. The van der Waals surface area contributed by atoms with Gasteiger partial charge in [0.15, 0.2) is 0 Å². The van der Waals surface area contributed by atoms with E-state index in [9.17, 15) is 22.8 Å². The number of alkyl halides is 3. The maximum absolute atomic E-state index is 12.7. The highest BCUT2D eigenvalue weighted by atomic mass is 19.4. The molecule has 0 radical (unpaired) electrons. The molecular formula is C15H16F3NO3. The smallest absolute Gasteiger partial charge is 0.391 e. The number of carbonyl (C=O) groups is 2. The highest BCUT2D eigenvalue weighted by Gasteiger charge is 2.42. The van der Waals surface area contributed by atoms with Crippen LogP contribution in [0.5, 0.6) is 0 Å². The normalized spacial score (nSPS) is 22.1. The van der Waals surface area contributed by atoms with Crippen molar-refractivity contribution in [3.63, 3.8) is 0 Å². The lowest BCUT2D eigenvalue weighted by atomic mass is 9.85. The van der Waals surface area contributed by atoms with E-state index in [1.54, 1.807) is 0 Å². The Morgan fingerprint density at radius 2 is 1.86 bits per heavy atom. The van der Waals surface area contributed by atoms with Gasteiger partial charge in [-0.25, -0.2) is 4.79 Å². The number of amides is 1. The van der Waals surface area contributed by atoms with Gasteiger partial charge in [0.05, 0.1) is 11.5 Å². The molecule has 1 aliphatic rings. The van der Waals surface area contributed by atoms with Gasteiger partial charge >= 0.3 is 12.1 Å². The van der Waals surface area contributed by atoms with E-state index in [1.165, 1.54) is 24.3 Å². The second-order valence-corrected chi connectivity index (χ2v) is 5.46. The minimum absolute atomic E-state index is 0.0375. The van der Waals surface area contributed by atoms with Crippen LogP contribution in [-0.4, -0.2) is 29.2 Å². The van der Waals surface area contributed by atoms with Crippen LogP contribution in [0.4, 0.5) is 13.2 Å². The molecule has 1 aromatic rings. The van der Waals surface area contributed by atoms with Crippen molar-refractivity contribution in [2.45, 2.75) is 37.9 Å². The Labute approximate surface area is 125 Å². The van der Waals surface area contributed by atoms with E-state index in [4.69, 9.17) is 5.11 Å². The molecule has 1 aromatic carbocycles. The summed E-state index contributed by atoms with van der Waals surface area (Å²) in [7, 11) is 0. The van der Waals surface area contributed by atoms with Gasteiger partial charge in [-0.2, -0.15) is 13.2 Å². The summed E-state index contributed by atoms with van der Waals surface area (Å²) in [5.74, 6) is -3.10. The second-order valence-electron chi connectivity index (χ2n) is 5.46. The van der Waals surface area contributed by atoms with Crippen molar-refractivity contribution in [2.75, 3.05) is 0 Å². The van der Waals surface area contributed by atoms with Crippen LogP contribution in [0.25, 0.3) is 0 Å². The van der Waals surface area contributed by atoms with Crippen molar-refractivity contribution in [3.8, 4) is 0 Å². The molecule has 1 aliphatic carbocycles. The zero-order chi connectivity index (χ0) is 16.3. The Morgan fingerprint density at radius 3 is 2.50 bits per heavy atom. The average Bonchev–Trinajstić information content (AvgIpc) is 2.46. The summed E-state index contributed by atoms with van der Waals surface area (Å²) in [5.41, 5.74) is 0.0958. The Balaban J connectivity index is 2.02. The summed E-state index contributed by atoms with van der Waals surface area (Å²) in [6.45, 7) is 0. The van der Waals surface area contributed by atoms with Crippen molar-refractivity contribution < 1.29 is 27.9 Å². The summed E-state index contributed by atoms with van der Waals surface area (Å²) in [5, 5.41) is 11.5. The summed E-state index contributed by atoms with van der Waals surface area (Å²) in [4.78, 5) is 22.9. The van der Waals surface area contributed by atoms with E-state index >= 15 is 0 Å². The zero-order valence-electron chi connectivity index (χ0n) is 11.7. The van der Waals surface area contributed by atoms with Gasteiger partial charge in [0.1, 0.15) is 0 Å². The fourth-order valence-electron chi connectivity index (χ4n) is 2.68. The Bertz CT molecular complexity index is 571. The van der Waals surface area contributed by atoms with E-state index in [0.717, 1.165) is 0 Å². The standard InChI is InChI=1S/C15H16F3NO3/c16-15(17,18)11-5-2-6-12(8-11)19-13(20)9-3-1-4-10(7-9)14(21)22/h1,3-4,7,11-12H,2,5-6,8H2,(H,19,20)(H,21,22)/t11-,12+/m0/s1. The van der Waals surface area contributed by atoms with E-state index in [-0.39, 0.29) is 24.0 Å². The molecular weight excluding hydrogens is 299 g/mol. The molecule has 120 valence electrons. The minimum Gasteiger partial charge on any atom is -0.478 e. The number of carboxylic acids is 1. The molecule has 0 unspecified atom stereocenters. The molecule has 1 fully saturated rings. The predicted octanol–water partition coefficient (Wildman–Crippen LogP) is 3.24. The monoisotopic (exact) mass is 315 g/mol. The lowest BCUT2D eigenvalue weighted by Crippen LogP contribution is -2.41. The first kappa shape index (κ1) is 16.3. The van der Waals surface area contributed by atoms with Gasteiger partial charge in [-0.3, -0.25) is 4.79 Å². The maximum Gasteiger partial charge on any atom is 0.391 e. The van der Waals surface area contributed by atoms with Crippen LogP contribution in [-0.2, 0) is 0 Å². The SMILES string of the molecule is O=C(O)c1cccc(C(=O)N[C@@H]2CCC[C@H](C(F)(F)F)C2)c1. The molecule has 2 rings (SSSR count). The van der Waals surface area contributed by atoms with Crippen LogP contribution in [0.15, 0.2) is 24.3 Å². The van der Waals surface area contributed by atoms with Crippen molar-refractivity contribution >= 4 is 11.9 Å². The van der Waals surface area contributed by atoms with Crippen LogP contribution >= 0.6 is 0 Å². The first-order chi connectivity index (χ1) is 10.3. The molecule has 0 spiro atoms. The van der Waals surface area contributed by atoms with Gasteiger partial charge < -0.3 is 10.4 Å². The first-order valence-corrected chi connectivity index (χ1v) is 6.98. The third-order valence-corrected chi connectivity index (χ3v) is 3.84. The first-order valence-electron chi connectivity index (χ1n) is 6.98. The molecule has 0 aromatic heterocycles. The molecule has 0 bridgehead atoms. The van der Waals surface area contributed by atoms with Crippen molar-refractivity contribution in [1.29, 1.82) is 0 Å².